The Labute approximate surface area is 237 Å². The molecule has 0 saturated heterocycles. The van der Waals surface area contributed by atoms with Crippen molar-refractivity contribution in [1.82, 2.24) is 4.57 Å². The summed E-state index contributed by atoms with van der Waals surface area (Å²) in [6.45, 7) is 7.22. The number of esters is 4. The van der Waals surface area contributed by atoms with Crippen molar-refractivity contribution in [3.05, 3.63) is 84.5 Å². The fourth-order valence-electron chi connectivity index (χ4n) is 4.24. The van der Waals surface area contributed by atoms with Gasteiger partial charge in [0.05, 0.1) is 28.5 Å². The molecule has 0 N–H and O–H groups in total. The molecular formula is C29H26N2O9S. The first kappa shape index (κ1) is 29.2. The fourth-order valence-corrected chi connectivity index (χ4v) is 5.28. The van der Waals surface area contributed by atoms with Gasteiger partial charge >= 0.3 is 23.9 Å². The first-order valence-electron chi connectivity index (χ1n) is 12.5. The highest BCUT2D eigenvalue weighted by Crippen LogP contribution is 2.32. The number of aromatic nitrogens is 1. The van der Waals surface area contributed by atoms with E-state index in [-0.39, 0.29) is 28.2 Å². The van der Waals surface area contributed by atoms with Crippen molar-refractivity contribution in [1.29, 1.82) is 0 Å². The average Bonchev–Trinajstić information content (AvgIpc) is 3.18. The lowest BCUT2D eigenvalue weighted by molar-refractivity contribution is -0.139. The normalized spacial score (nSPS) is 14.6. The largest absolute Gasteiger partial charge is 0.463 e. The van der Waals surface area contributed by atoms with E-state index >= 15 is 0 Å². The Balaban J connectivity index is 1.90. The maximum atomic E-state index is 13.9. The third kappa shape index (κ3) is 6.49. The second-order valence-corrected chi connectivity index (χ2v) is 9.86. The first-order valence-corrected chi connectivity index (χ1v) is 13.3. The Morgan fingerprint density at radius 3 is 2.15 bits per heavy atom. The van der Waals surface area contributed by atoms with Crippen LogP contribution in [0.5, 0.6) is 17.2 Å². The van der Waals surface area contributed by atoms with Crippen molar-refractivity contribution in [2.75, 3.05) is 6.61 Å². The number of carbonyl (C=O) groups excluding carboxylic acids is 4. The summed E-state index contributed by atoms with van der Waals surface area (Å²) in [5.74, 6) is -1.69. The summed E-state index contributed by atoms with van der Waals surface area (Å²) in [6, 6.07) is 10.0. The zero-order valence-corrected chi connectivity index (χ0v) is 23.7. The number of hydrogen-bond donors (Lipinski definition) is 0. The number of allylic oxidation sites excluding steroid dienone is 1. The van der Waals surface area contributed by atoms with Gasteiger partial charge in [-0.15, -0.1) is 0 Å². The highest BCUT2D eigenvalue weighted by molar-refractivity contribution is 7.07. The smallest absolute Gasteiger partial charge is 0.338 e. The highest BCUT2D eigenvalue weighted by Gasteiger charge is 2.33. The van der Waals surface area contributed by atoms with Crippen LogP contribution >= 0.6 is 11.3 Å². The van der Waals surface area contributed by atoms with Gasteiger partial charge in [-0.2, -0.15) is 0 Å². The van der Waals surface area contributed by atoms with Crippen LogP contribution in [0.2, 0.25) is 0 Å². The maximum absolute atomic E-state index is 13.9. The number of carbonyl (C=O) groups is 4. The molecule has 0 amide bonds. The van der Waals surface area contributed by atoms with Crippen LogP contribution in [0.3, 0.4) is 0 Å². The number of ether oxygens (including phenoxy) is 4. The van der Waals surface area contributed by atoms with E-state index in [9.17, 15) is 24.0 Å². The van der Waals surface area contributed by atoms with Gasteiger partial charge in [-0.05, 0) is 49.8 Å². The van der Waals surface area contributed by atoms with Gasteiger partial charge in [0.1, 0.15) is 17.2 Å². The minimum Gasteiger partial charge on any atom is -0.463 e. The molecule has 1 aliphatic rings. The Morgan fingerprint density at radius 2 is 1.54 bits per heavy atom. The van der Waals surface area contributed by atoms with Gasteiger partial charge in [-0.3, -0.25) is 23.7 Å². The molecule has 0 radical (unpaired) electrons. The van der Waals surface area contributed by atoms with Crippen LogP contribution in [-0.2, 0) is 23.9 Å². The van der Waals surface area contributed by atoms with Gasteiger partial charge < -0.3 is 18.9 Å². The van der Waals surface area contributed by atoms with Crippen LogP contribution in [0, 0.1) is 0 Å². The lowest BCUT2D eigenvalue weighted by Gasteiger charge is -2.24. The highest BCUT2D eigenvalue weighted by atomic mass is 32.1. The van der Waals surface area contributed by atoms with Crippen molar-refractivity contribution < 1.29 is 38.1 Å². The van der Waals surface area contributed by atoms with Crippen molar-refractivity contribution in [3.8, 4) is 17.2 Å². The van der Waals surface area contributed by atoms with Crippen LogP contribution in [0.4, 0.5) is 0 Å². The summed E-state index contributed by atoms with van der Waals surface area (Å²) >= 11 is 1.09. The molecule has 0 aliphatic carbocycles. The number of fused-ring (bicyclic) bond motifs is 1. The van der Waals surface area contributed by atoms with E-state index in [1.165, 1.54) is 43.5 Å². The molecule has 0 saturated carbocycles. The summed E-state index contributed by atoms with van der Waals surface area (Å²) in [7, 11) is 0. The molecule has 11 nitrogen and oxygen atoms in total. The molecule has 12 heteroatoms. The fraction of sp³-hybridized carbons (Fsp3) is 0.241. The summed E-state index contributed by atoms with van der Waals surface area (Å²) in [4.78, 5) is 66.3. The van der Waals surface area contributed by atoms with Gasteiger partial charge in [-0.1, -0.05) is 23.5 Å². The molecule has 4 rings (SSSR count). The van der Waals surface area contributed by atoms with Crippen molar-refractivity contribution in [2.24, 2.45) is 4.99 Å². The third-order valence-corrected chi connectivity index (χ3v) is 6.74. The number of benzene rings is 2. The van der Waals surface area contributed by atoms with E-state index in [4.69, 9.17) is 18.9 Å². The number of nitrogens with zero attached hydrogens (tertiary/aromatic N) is 2. The molecule has 1 aromatic heterocycles. The van der Waals surface area contributed by atoms with Crippen LogP contribution in [-0.4, -0.2) is 35.1 Å². The zero-order chi connectivity index (χ0) is 29.8. The van der Waals surface area contributed by atoms with Crippen LogP contribution in [0.15, 0.2) is 63.5 Å². The van der Waals surface area contributed by atoms with Crippen molar-refractivity contribution >= 4 is 41.3 Å². The van der Waals surface area contributed by atoms with E-state index in [1.54, 1.807) is 44.2 Å². The number of thiazole rings is 1. The van der Waals surface area contributed by atoms with Gasteiger partial charge in [-0.25, -0.2) is 9.79 Å². The maximum Gasteiger partial charge on any atom is 0.338 e. The molecule has 212 valence electrons. The van der Waals surface area contributed by atoms with E-state index in [2.05, 4.69) is 4.99 Å². The summed E-state index contributed by atoms with van der Waals surface area (Å²) in [5.41, 5.74) is 1.08. The third-order valence-electron chi connectivity index (χ3n) is 5.76. The average molecular weight is 579 g/mol. The molecule has 1 atom stereocenters. The predicted molar refractivity (Wildman–Crippen MR) is 147 cm³/mol. The van der Waals surface area contributed by atoms with Crippen LogP contribution in [0.25, 0.3) is 6.08 Å². The standard InChI is InChI=1S/C29H26N2O9S/c1-6-37-28(36)25-15(2)30-29-31(26(25)19-7-10-21(11-8-19)38-16(3)32)27(35)24(41-29)13-20-9-12-22(39-17(4)33)14-23(20)40-18(5)34/h7-14,26H,6H2,1-5H3/b24-13-. The minimum atomic E-state index is -0.877. The first-order chi connectivity index (χ1) is 19.5. The number of rotatable bonds is 7. The van der Waals surface area contributed by atoms with Crippen molar-refractivity contribution in [3.63, 3.8) is 0 Å². The molecular weight excluding hydrogens is 552 g/mol. The molecule has 0 fully saturated rings. The zero-order valence-electron chi connectivity index (χ0n) is 22.9. The minimum absolute atomic E-state index is 0.0862. The van der Waals surface area contributed by atoms with Gasteiger partial charge in [0.15, 0.2) is 4.80 Å². The van der Waals surface area contributed by atoms with Gasteiger partial charge in [0.25, 0.3) is 5.56 Å². The van der Waals surface area contributed by atoms with Crippen molar-refractivity contribution in [2.45, 2.75) is 40.7 Å². The summed E-state index contributed by atoms with van der Waals surface area (Å²) in [5, 5.41) is 0. The Morgan fingerprint density at radius 1 is 0.927 bits per heavy atom. The summed E-state index contributed by atoms with van der Waals surface area (Å²) in [6.07, 6.45) is 1.53. The molecule has 2 heterocycles. The molecule has 3 aromatic rings. The Kier molecular flexibility index (Phi) is 8.62. The Hall–Kier alpha value is -4.84. The molecule has 1 aliphatic heterocycles. The molecule has 2 aromatic carbocycles. The van der Waals surface area contributed by atoms with E-state index in [1.807, 2.05) is 0 Å². The van der Waals surface area contributed by atoms with Crippen LogP contribution in [0.1, 0.15) is 51.8 Å². The lowest BCUT2D eigenvalue weighted by Crippen LogP contribution is -2.39. The van der Waals surface area contributed by atoms with Crippen LogP contribution < -0.4 is 29.1 Å². The van der Waals surface area contributed by atoms with E-state index < -0.39 is 35.5 Å². The second kappa shape index (κ2) is 12.1. The Bertz CT molecular complexity index is 1760. The van der Waals surface area contributed by atoms with E-state index in [0.717, 1.165) is 11.3 Å². The molecule has 41 heavy (non-hydrogen) atoms. The van der Waals surface area contributed by atoms with Gasteiger partial charge in [0, 0.05) is 32.4 Å². The monoisotopic (exact) mass is 578 g/mol. The molecule has 1 unspecified atom stereocenters. The van der Waals surface area contributed by atoms with E-state index in [0.29, 0.717) is 27.4 Å². The SMILES string of the molecule is CCOC(=O)C1=C(C)N=c2s/c(=C\c3ccc(OC(C)=O)cc3OC(C)=O)c(=O)n2C1c1ccc(OC(C)=O)cc1. The second-order valence-electron chi connectivity index (χ2n) is 8.85. The van der Waals surface area contributed by atoms with Gasteiger partial charge in [0.2, 0.25) is 0 Å². The summed E-state index contributed by atoms with van der Waals surface area (Å²) < 4.78 is 22.5. The quantitative estimate of drug-likeness (QED) is 0.306. The molecule has 0 spiro atoms. The molecule has 0 bridgehead atoms. The topological polar surface area (TPSA) is 140 Å². The number of hydrogen-bond acceptors (Lipinski definition) is 11. The predicted octanol–water partition coefficient (Wildman–Crippen LogP) is 2.57. The lowest BCUT2D eigenvalue weighted by atomic mass is 9.96.